The molecule has 0 aromatic carbocycles. The molecule has 0 aromatic rings. The maximum atomic E-state index is 5.43. The highest BCUT2D eigenvalue weighted by molar-refractivity contribution is 7.80. The molecule has 1 N–H and O–H groups in total. The summed E-state index contributed by atoms with van der Waals surface area (Å²) < 4.78 is 0. The number of nitrogens with zero attached hydrogens (tertiary/aromatic N) is 2. The molecule has 0 radical (unpaired) electrons. The van der Waals surface area contributed by atoms with E-state index in [1.807, 2.05) is 0 Å². The van der Waals surface area contributed by atoms with Crippen LogP contribution < -0.4 is 5.32 Å². The summed E-state index contributed by atoms with van der Waals surface area (Å²) >= 11 is 5.43. The van der Waals surface area contributed by atoms with Crippen LogP contribution in [0, 0.1) is 0 Å². The second-order valence-corrected chi connectivity index (χ2v) is 5.25. The lowest BCUT2D eigenvalue weighted by molar-refractivity contribution is 0.171. The molecule has 0 aliphatic carbocycles. The van der Waals surface area contributed by atoms with Crippen molar-refractivity contribution in [2.75, 3.05) is 33.2 Å². The Hall–Kier alpha value is -0.350. The van der Waals surface area contributed by atoms with Gasteiger partial charge in [0.1, 0.15) is 0 Å². The zero-order valence-corrected chi connectivity index (χ0v) is 12.4. The van der Waals surface area contributed by atoms with Crippen molar-refractivity contribution in [3.63, 3.8) is 0 Å². The Bertz CT molecular complexity index is 225. The summed E-state index contributed by atoms with van der Waals surface area (Å²) in [4.78, 5) is 4.77. The van der Waals surface area contributed by atoms with Crippen molar-refractivity contribution in [1.29, 1.82) is 0 Å². The van der Waals surface area contributed by atoms with Crippen LogP contribution in [-0.2, 0) is 0 Å². The maximum Gasteiger partial charge on any atom is 0.168 e. The van der Waals surface area contributed by atoms with Crippen LogP contribution in [0.15, 0.2) is 0 Å². The second-order valence-electron chi connectivity index (χ2n) is 4.86. The van der Waals surface area contributed by atoms with Gasteiger partial charge in [-0.2, -0.15) is 0 Å². The third kappa shape index (κ3) is 4.80. The van der Waals surface area contributed by atoms with Gasteiger partial charge in [-0.1, -0.05) is 20.3 Å². The maximum absolute atomic E-state index is 5.43. The summed E-state index contributed by atoms with van der Waals surface area (Å²) in [5, 5.41) is 4.27. The van der Waals surface area contributed by atoms with Crippen molar-refractivity contribution in [2.24, 2.45) is 0 Å². The molecule has 0 bridgehead atoms. The molecule has 1 saturated heterocycles. The van der Waals surface area contributed by atoms with Crippen LogP contribution in [0.5, 0.6) is 0 Å². The summed E-state index contributed by atoms with van der Waals surface area (Å²) in [7, 11) is 2.13. The quantitative estimate of drug-likeness (QED) is 0.600. The molecule has 100 valence electrons. The number of rotatable bonds is 5. The lowest BCUT2D eigenvalue weighted by Crippen LogP contribution is -2.48. The molecule has 0 saturated carbocycles. The van der Waals surface area contributed by atoms with E-state index in [1.165, 1.54) is 45.3 Å². The molecule has 1 fully saturated rings. The first-order valence-corrected chi connectivity index (χ1v) is 7.32. The van der Waals surface area contributed by atoms with E-state index in [-0.39, 0.29) is 0 Å². The van der Waals surface area contributed by atoms with Crippen LogP contribution in [0.3, 0.4) is 0 Å². The smallest absolute Gasteiger partial charge is 0.168 e. The standard InChI is InChI=1S/C13H27N3S/c1-4-6-9-14-13(17)15(3)12-7-10-16(5-2)11-8-12/h12H,4-11H2,1-3H3,(H,14,17). The van der Waals surface area contributed by atoms with Gasteiger partial charge >= 0.3 is 0 Å². The van der Waals surface area contributed by atoms with Gasteiger partial charge < -0.3 is 15.1 Å². The van der Waals surface area contributed by atoms with Crippen molar-refractivity contribution in [3.8, 4) is 0 Å². The minimum Gasteiger partial charge on any atom is -0.363 e. The number of hydrogen-bond acceptors (Lipinski definition) is 2. The highest BCUT2D eigenvalue weighted by Gasteiger charge is 2.22. The number of thiocarbonyl (C=S) groups is 1. The van der Waals surface area contributed by atoms with E-state index < -0.39 is 0 Å². The van der Waals surface area contributed by atoms with E-state index >= 15 is 0 Å². The van der Waals surface area contributed by atoms with Gasteiger partial charge in [-0.25, -0.2) is 0 Å². The van der Waals surface area contributed by atoms with Gasteiger partial charge in [0.05, 0.1) is 0 Å². The fraction of sp³-hybridized carbons (Fsp3) is 0.923. The van der Waals surface area contributed by atoms with Gasteiger partial charge in [-0.05, 0) is 38.0 Å². The van der Waals surface area contributed by atoms with Crippen molar-refractivity contribution >= 4 is 17.3 Å². The molecule has 4 heteroatoms. The number of unbranched alkanes of at least 4 members (excludes halogenated alkanes) is 1. The molecule has 0 aromatic heterocycles. The Morgan fingerprint density at radius 1 is 1.35 bits per heavy atom. The average Bonchev–Trinajstić information content (AvgIpc) is 2.38. The third-order valence-electron chi connectivity index (χ3n) is 3.68. The number of nitrogens with one attached hydrogen (secondary N) is 1. The molecule has 1 heterocycles. The van der Waals surface area contributed by atoms with Gasteiger partial charge in [-0.15, -0.1) is 0 Å². The van der Waals surface area contributed by atoms with Crippen molar-refractivity contribution in [3.05, 3.63) is 0 Å². The highest BCUT2D eigenvalue weighted by atomic mass is 32.1. The van der Waals surface area contributed by atoms with Crippen LogP contribution in [-0.4, -0.2) is 54.2 Å². The SMILES string of the molecule is CCCCNC(=S)N(C)C1CCN(CC)CC1. The Morgan fingerprint density at radius 2 is 2.00 bits per heavy atom. The largest absolute Gasteiger partial charge is 0.363 e. The average molecular weight is 257 g/mol. The normalized spacial score (nSPS) is 18.1. The van der Waals surface area contributed by atoms with Crippen molar-refractivity contribution in [2.45, 2.75) is 45.6 Å². The zero-order chi connectivity index (χ0) is 12.7. The Balaban J connectivity index is 2.27. The van der Waals surface area contributed by atoms with E-state index in [0.29, 0.717) is 6.04 Å². The first kappa shape index (κ1) is 14.7. The molecule has 1 aliphatic heterocycles. The first-order chi connectivity index (χ1) is 8.19. The zero-order valence-electron chi connectivity index (χ0n) is 11.5. The second kappa shape index (κ2) is 7.88. The number of hydrogen-bond donors (Lipinski definition) is 1. The van der Waals surface area contributed by atoms with Crippen LogP contribution in [0.25, 0.3) is 0 Å². The van der Waals surface area contributed by atoms with E-state index in [1.54, 1.807) is 0 Å². The lowest BCUT2D eigenvalue weighted by Gasteiger charge is -2.37. The Labute approximate surface area is 112 Å². The molecule has 3 nitrogen and oxygen atoms in total. The summed E-state index contributed by atoms with van der Waals surface area (Å²) in [6.45, 7) is 9.05. The molecular formula is C13H27N3S. The first-order valence-electron chi connectivity index (χ1n) is 6.92. The molecule has 0 unspecified atom stereocenters. The molecule has 0 amide bonds. The fourth-order valence-corrected chi connectivity index (χ4v) is 2.54. The predicted molar refractivity (Wildman–Crippen MR) is 78.4 cm³/mol. The number of likely N-dealkylation sites (tertiary alicyclic amines) is 1. The minimum atomic E-state index is 0.624. The fourth-order valence-electron chi connectivity index (χ4n) is 2.29. The molecular weight excluding hydrogens is 230 g/mol. The van der Waals surface area contributed by atoms with E-state index in [2.05, 4.69) is 36.0 Å². The molecule has 1 aliphatic rings. The summed E-state index contributed by atoms with van der Waals surface area (Å²) in [6.07, 6.45) is 4.89. The van der Waals surface area contributed by atoms with E-state index in [0.717, 1.165) is 11.7 Å². The molecule has 0 spiro atoms. The van der Waals surface area contributed by atoms with Gasteiger partial charge in [0, 0.05) is 32.7 Å². The molecule has 1 rings (SSSR count). The van der Waals surface area contributed by atoms with Crippen LogP contribution in [0.1, 0.15) is 39.5 Å². The monoisotopic (exact) mass is 257 g/mol. The van der Waals surface area contributed by atoms with E-state index in [9.17, 15) is 0 Å². The van der Waals surface area contributed by atoms with Crippen LogP contribution >= 0.6 is 12.2 Å². The Kier molecular flexibility index (Phi) is 6.82. The Morgan fingerprint density at radius 3 is 2.53 bits per heavy atom. The van der Waals surface area contributed by atoms with Gasteiger partial charge in [0.25, 0.3) is 0 Å². The van der Waals surface area contributed by atoms with Crippen LogP contribution in [0.2, 0.25) is 0 Å². The lowest BCUT2D eigenvalue weighted by atomic mass is 10.0. The topological polar surface area (TPSA) is 18.5 Å². The predicted octanol–water partition coefficient (Wildman–Crippen LogP) is 2.08. The van der Waals surface area contributed by atoms with Crippen molar-refractivity contribution in [1.82, 2.24) is 15.1 Å². The van der Waals surface area contributed by atoms with E-state index in [4.69, 9.17) is 12.2 Å². The summed E-state index contributed by atoms with van der Waals surface area (Å²) in [5.74, 6) is 0. The van der Waals surface area contributed by atoms with Crippen LogP contribution in [0.4, 0.5) is 0 Å². The summed E-state index contributed by atoms with van der Waals surface area (Å²) in [5.41, 5.74) is 0. The van der Waals surface area contributed by atoms with Gasteiger partial charge in [0.2, 0.25) is 0 Å². The molecule has 0 atom stereocenters. The van der Waals surface area contributed by atoms with Gasteiger partial charge in [0.15, 0.2) is 5.11 Å². The number of piperidine rings is 1. The van der Waals surface area contributed by atoms with Gasteiger partial charge in [-0.3, -0.25) is 0 Å². The summed E-state index contributed by atoms with van der Waals surface area (Å²) in [6, 6.07) is 0.624. The highest BCUT2D eigenvalue weighted by Crippen LogP contribution is 2.15. The molecule has 17 heavy (non-hydrogen) atoms. The third-order valence-corrected chi connectivity index (χ3v) is 4.11. The minimum absolute atomic E-state index is 0.624. The van der Waals surface area contributed by atoms with Crippen molar-refractivity contribution < 1.29 is 0 Å².